The van der Waals surface area contributed by atoms with Crippen molar-refractivity contribution in [3.63, 3.8) is 0 Å². The maximum Gasteiger partial charge on any atom is 0.326 e. The molecule has 0 unspecified atom stereocenters. The van der Waals surface area contributed by atoms with Crippen molar-refractivity contribution in [3.8, 4) is 0 Å². The van der Waals surface area contributed by atoms with Crippen LogP contribution in [0, 0.1) is 0 Å². The van der Waals surface area contributed by atoms with Crippen molar-refractivity contribution in [1.82, 2.24) is 15.1 Å². The summed E-state index contributed by atoms with van der Waals surface area (Å²) in [6.07, 6.45) is 2.70. The molecule has 2 amide bonds. The summed E-state index contributed by atoms with van der Waals surface area (Å²) in [7, 11) is 1.76. The minimum atomic E-state index is -1.05. The molecule has 7 nitrogen and oxygen atoms in total. The van der Waals surface area contributed by atoms with E-state index >= 15 is 0 Å². The molecule has 1 heterocycles. The van der Waals surface area contributed by atoms with Gasteiger partial charge in [0.15, 0.2) is 0 Å². The SMILES string of the molecule is CCc1nn(C)cc1NC(=O)N[C@H](CC)C(=O)O. The van der Waals surface area contributed by atoms with Gasteiger partial charge in [0.2, 0.25) is 0 Å². The highest BCUT2D eigenvalue weighted by Crippen LogP contribution is 2.13. The Morgan fingerprint density at radius 2 is 2.17 bits per heavy atom. The minimum absolute atomic E-state index is 0.330. The summed E-state index contributed by atoms with van der Waals surface area (Å²) in [5.41, 5.74) is 1.36. The molecule has 1 atom stereocenters. The van der Waals surface area contributed by atoms with E-state index < -0.39 is 18.0 Å². The van der Waals surface area contributed by atoms with Crippen LogP contribution in [0.3, 0.4) is 0 Å². The molecule has 0 spiro atoms. The third-order valence-electron chi connectivity index (χ3n) is 2.50. The molecule has 3 N–H and O–H groups in total. The van der Waals surface area contributed by atoms with Crippen LogP contribution < -0.4 is 10.6 Å². The van der Waals surface area contributed by atoms with Crippen LogP contribution in [-0.4, -0.2) is 32.9 Å². The third-order valence-corrected chi connectivity index (χ3v) is 2.50. The number of aryl methyl sites for hydroxylation is 2. The number of carboxylic acid groups (broad SMARTS) is 1. The number of aromatic nitrogens is 2. The highest BCUT2D eigenvalue weighted by Gasteiger charge is 2.18. The van der Waals surface area contributed by atoms with Gasteiger partial charge in [-0.1, -0.05) is 13.8 Å². The molecule has 0 aliphatic carbocycles. The highest BCUT2D eigenvalue weighted by molar-refractivity contribution is 5.92. The second kappa shape index (κ2) is 6.04. The summed E-state index contributed by atoms with van der Waals surface area (Å²) in [6, 6.07) is -1.42. The first-order valence-electron chi connectivity index (χ1n) is 5.80. The summed E-state index contributed by atoms with van der Waals surface area (Å²) in [6.45, 7) is 3.62. The van der Waals surface area contributed by atoms with E-state index in [-0.39, 0.29) is 0 Å². The van der Waals surface area contributed by atoms with E-state index in [2.05, 4.69) is 15.7 Å². The Kier molecular flexibility index (Phi) is 4.70. The Labute approximate surface area is 105 Å². The minimum Gasteiger partial charge on any atom is -0.480 e. The Hall–Kier alpha value is -2.05. The lowest BCUT2D eigenvalue weighted by Crippen LogP contribution is -2.42. The predicted octanol–water partition coefficient (Wildman–Crippen LogP) is 0.967. The Morgan fingerprint density at radius 3 is 2.67 bits per heavy atom. The first kappa shape index (κ1) is 14.0. The van der Waals surface area contributed by atoms with Crippen LogP contribution in [0.1, 0.15) is 26.0 Å². The number of aliphatic carboxylic acids is 1. The molecule has 0 aliphatic rings. The average Bonchev–Trinajstić information content (AvgIpc) is 2.65. The van der Waals surface area contributed by atoms with Crippen LogP contribution in [0.5, 0.6) is 0 Å². The van der Waals surface area contributed by atoms with Crippen molar-refractivity contribution in [2.75, 3.05) is 5.32 Å². The number of nitrogens with zero attached hydrogens (tertiary/aromatic N) is 2. The van der Waals surface area contributed by atoms with Gasteiger partial charge in [-0.25, -0.2) is 9.59 Å². The summed E-state index contributed by atoms with van der Waals surface area (Å²) >= 11 is 0. The van der Waals surface area contributed by atoms with Gasteiger partial charge in [0, 0.05) is 13.2 Å². The molecule has 100 valence electrons. The lowest BCUT2D eigenvalue weighted by molar-refractivity contribution is -0.139. The van der Waals surface area contributed by atoms with Gasteiger partial charge in [-0.05, 0) is 12.8 Å². The fraction of sp³-hybridized carbons (Fsp3) is 0.545. The second-order valence-corrected chi connectivity index (χ2v) is 3.91. The smallest absolute Gasteiger partial charge is 0.326 e. The molecule has 0 saturated heterocycles. The molecule has 0 aliphatic heterocycles. The van der Waals surface area contributed by atoms with Crippen molar-refractivity contribution in [2.24, 2.45) is 7.05 Å². The lowest BCUT2D eigenvalue weighted by Gasteiger charge is -2.12. The zero-order valence-electron chi connectivity index (χ0n) is 10.7. The first-order valence-corrected chi connectivity index (χ1v) is 5.80. The number of anilines is 1. The van der Waals surface area contributed by atoms with Crippen LogP contribution in [0.2, 0.25) is 0 Å². The topological polar surface area (TPSA) is 96.3 Å². The molecule has 0 bridgehead atoms. The van der Waals surface area contributed by atoms with Crippen molar-refractivity contribution >= 4 is 17.7 Å². The van der Waals surface area contributed by atoms with Gasteiger partial charge >= 0.3 is 12.0 Å². The highest BCUT2D eigenvalue weighted by atomic mass is 16.4. The predicted molar refractivity (Wildman–Crippen MR) is 66.5 cm³/mol. The van der Waals surface area contributed by atoms with E-state index in [1.54, 1.807) is 24.9 Å². The molecular formula is C11H18N4O3. The van der Waals surface area contributed by atoms with E-state index in [0.717, 1.165) is 5.69 Å². The van der Waals surface area contributed by atoms with Crippen molar-refractivity contribution in [3.05, 3.63) is 11.9 Å². The molecule has 0 saturated carbocycles. The van der Waals surface area contributed by atoms with Gasteiger partial charge in [-0.2, -0.15) is 5.10 Å². The van der Waals surface area contributed by atoms with Gasteiger partial charge < -0.3 is 15.7 Å². The summed E-state index contributed by atoms with van der Waals surface area (Å²) in [4.78, 5) is 22.4. The van der Waals surface area contributed by atoms with Crippen molar-refractivity contribution in [1.29, 1.82) is 0 Å². The number of amides is 2. The van der Waals surface area contributed by atoms with Crippen LogP contribution in [0.4, 0.5) is 10.5 Å². The van der Waals surface area contributed by atoms with E-state index in [9.17, 15) is 9.59 Å². The fourth-order valence-electron chi connectivity index (χ4n) is 1.56. The zero-order valence-corrected chi connectivity index (χ0v) is 10.7. The molecule has 1 aromatic heterocycles. The molecule has 1 rings (SSSR count). The van der Waals surface area contributed by atoms with Crippen LogP contribution >= 0.6 is 0 Å². The molecule has 1 aromatic rings. The Morgan fingerprint density at radius 1 is 1.50 bits per heavy atom. The molecule has 18 heavy (non-hydrogen) atoms. The van der Waals surface area contributed by atoms with E-state index in [0.29, 0.717) is 18.5 Å². The van der Waals surface area contributed by atoms with E-state index in [1.165, 1.54) is 0 Å². The Balaban J connectivity index is 2.66. The van der Waals surface area contributed by atoms with E-state index in [4.69, 9.17) is 5.11 Å². The molecule has 0 fully saturated rings. The fourth-order valence-corrected chi connectivity index (χ4v) is 1.56. The number of carbonyl (C=O) groups is 2. The monoisotopic (exact) mass is 254 g/mol. The van der Waals surface area contributed by atoms with Gasteiger partial charge in [-0.3, -0.25) is 4.68 Å². The summed E-state index contributed by atoms with van der Waals surface area (Å²) < 4.78 is 1.60. The maximum atomic E-state index is 11.6. The number of nitrogens with one attached hydrogen (secondary N) is 2. The van der Waals surface area contributed by atoms with Crippen LogP contribution in [0.15, 0.2) is 6.20 Å². The van der Waals surface area contributed by atoms with Crippen molar-refractivity contribution < 1.29 is 14.7 Å². The van der Waals surface area contributed by atoms with Gasteiger partial charge in [0.05, 0.1) is 11.4 Å². The Bertz CT molecular complexity index is 441. The van der Waals surface area contributed by atoms with E-state index in [1.807, 2.05) is 6.92 Å². The largest absolute Gasteiger partial charge is 0.480 e. The number of hydrogen-bond acceptors (Lipinski definition) is 3. The molecular weight excluding hydrogens is 236 g/mol. The maximum absolute atomic E-state index is 11.6. The average molecular weight is 254 g/mol. The van der Waals surface area contributed by atoms with Crippen LogP contribution in [0.25, 0.3) is 0 Å². The van der Waals surface area contributed by atoms with Gasteiger partial charge in [0.1, 0.15) is 6.04 Å². The zero-order chi connectivity index (χ0) is 13.7. The van der Waals surface area contributed by atoms with Gasteiger partial charge in [0.25, 0.3) is 0 Å². The third kappa shape index (κ3) is 3.47. The second-order valence-electron chi connectivity index (χ2n) is 3.91. The number of carbonyl (C=O) groups excluding carboxylic acids is 1. The van der Waals surface area contributed by atoms with Crippen molar-refractivity contribution in [2.45, 2.75) is 32.7 Å². The summed E-state index contributed by atoms with van der Waals surface area (Å²) in [5, 5.41) is 18.0. The quantitative estimate of drug-likeness (QED) is 0.729. The molecule has 0 aromatic carbocycles. The standard InChI is InChI=1S/C11H18N4O3/c1-4-7-9(6-15(3)14-7)13-11(18)12-8(5-2)10(16)17/h6,8H,4-5H2,1-3H3,(H,16,17)(H2,12,13,18)/t8-/m1/s1. The lowest BCUT2D eigenvalue weighted by atomic mass is 10.2. The number of carboxylic acids is 1. The van der Waals surface area contributed by atoms with Gasteiger partial charge in [-0.15, -0.1) is 0 Å². The molecule has 0 radical (unpaired) electrons. The summed E-state index contributed by atoms with van der Waals surface area (Å²) in [5.74, 6) is -1.05. The molecule has 7 heteroatoms. The number of rotatable bonds is 5. The first-order chi connectivity index (χ1) is 8.47. The van der Waals surface area contributed by atoms with Crippen LogP contribution in [-0.2, 0) is 18.3 Å². The number of urea groups is 1. The number of hydrogen-bond donors (Lipinski definition) is 3. The normalized spacial score (nSPS) is 11.9.